The van der Waals surface area contributed by atoms with Crippen molar-refractivity contribution < 1.29 is 18.0 Å². The van der Waals surface area contributed by atoms with Gasteiger partial charge in [-0.2, -0.15) is 4.72 Å². The number of piperidine rings is 1. The molecule has 7 nitrogen and oxygen atoms in total. The van der Waals surface area contributed by atoms with Gasteiger partial charge in [0.25, 0.3) is 10.0 Å². The van der Waals surface area contributed by atoms with Crippen LogP contribution in [0.1, 0.15) is 31.2 Å². The first kappa shape index (κ1) is 21.5. The molecule has 1 aromatic carbocycles. The summed E-state index contributed by atoms with van der Waals surface area (Å²) in [4.78, 5) is 28.6. The lowest BCUT2D eigenvalue weighted by Gasteiger charge is -2.33. The minimum absolute atomic E-state index is 0.0114. The maximum atomic E-state index is 13.1. The highest BCUT2D eigenvalue weighted by molar-refractivity contribution is 7.91. The molecule has 1 atom stereocenters. The smallest absolute Gasteiger partial charge is 0.251 e. The standard InChI is InChI=1S/C20H24ClN3O4S2/c1-13-15-11-14(21)6-7-17(15)29-20(13)30(27,28)22-16-5-4-10-24(19(16)26)12-18(25)23-8-2-3-9-23/h6-7,11,16,22H,2-5,8-10,12H2,1H3/t16-/m0/s1. The Bertz CT molecular complexity index is 1090. The molecule has 1 aromatic heterocycles. The molecule has 0 unspecified atom stereocenters. The molecule has 162 valence electrons. The van der Waals surface area contributed by atoms with Gasteiger partial charge in [-0.25, -0.2) is 8.42 Å². The van der Waals surface area contributed by atoms with Gasteiger partial charge in [0.2, 0.25) is 11.8 Å². The molecule has 0 aliphatic carbocycles. The third-order valence-corrected chi connectivity index (χ3v) is 9.31. The van der Waals surface area contributed by atoms with Crippen LogP contribution in [0.5, 0.6) is 0 Å². The van der Waals surface area contributed by atoms with Crippen LogP contribution in [0.3, 0.4) is 0 Å². The first-order valence-electron chi connectivity index (χ1n) is 10.0. The molecular weight excluding hydrogens is 446 g/mol. The highest BCUT2D eigenvalue weighted by Crippen LogP contribution is 2.35. The molecule has 0 saturated carbocycles. The van der Waals surface area contributed by atoms with E-state index >= 15 is 0 Å². The van der Waals surface area contributed by atoms with Crippen molar-refractivity contribution in [3.05, 3.63) is 28.8 Å². The molecule has 0 spiro atoms. The Labute approximate surface area is 185 Å². The minimum atomic E-state index is -3.88. The zero-order valence-corrected chi connectivity index (χ0v) is 19.1. The molecule has 2 fully saturated rings. The van der Waals surface area contributed by atoms with Crippen LogP contribution in [0.4, 0.5) is 0 Å². The molecule has 2 aromatic rings. The fraction of sp³-hybridized carbons (Fsp3) is 0.500. The number of fused-ring (bicyclic) bond motifs is 1. The zero-order valence-electron chi connectivity index (χ0n) is 16.7. The van der Waals surface area contributed by atoms with Crippen LogP contribution in [0.25, 0.3) is 10.1 Å². The van der Waals surface area contributed by atoms with Gasteiger partial charge < -0.3 is 9.80 Å². The topological polar surface area (TPSA) is 86.8 Å². The average Bonchev–Trinajstić information content (AvgIpc) is 3.34. The van der Waals surface area contributed by atoms with Gasteiger partial charge in [0, 0.05) is 29.4 Å². The first-order valence-corrected chi connectivity index (χ1v) is 12.7. The van der Waals surface area contributed by atoms with Crippen LogP contribution in [0.2, 0.25) is 5.02 Å². The van der Waals surface area contributed by atoms with Crippen molar-refractivity contribution >= 4 is 54.9 Å². The number of likely N-dealkylation sites (tertiary alicyclic amines) is 2. The highest BCUT2D eigenvalue weighted by atomic mass is 35.5. The summed E-state index contributed by atoms with van der Waals surface area (Å²) in [5.74, 6) is -0.402. The predicted molar refractivity (Wildman–Crippen MR) is 117 cm³/mol. The Morgan fingerprint density at radius 3 is 2.70 bits per heavy atom. The SMILES string of the molecule is Cc1c(S(=O)(=O)N[C@H]2CCCN(CC(=O)N3CCCC3)C2=O)sc2ccc(Cl)cc12. The van der Waals surface area contributed by atoms with Gasteiger partial charge in [-0.05, 0) is 61.8 Å². The van der Waals surface area contributed by atoms with Crippen molar-refractivity contribution in [1.29, 1.82) is 0 Å². The second-order valence-electron chi connectivity index (χ2n) is 7.82. The summed E-state index contributed by atoms with van der Waals surface area (Å²) in [6.45, 7) is 3.68. The third kappa shape index (κ3) is 4.21. The number of benzene rings is 1. The predicted octanol–water partition coefficient (Wildman–Crippen LogP) is 2.75. The molecule has 2 saturated heterocycles. The van der Waals surface area contributed by atoms with E-state index in [0.717, 1.165) is 47.4 Å². The lowest BCUT2D eigenvalue weighted by molar-refractivity contribution is -0.142. The molecule has 10 heteroatoms. The molecule has 2 amide bonds. The summed E-state index contributed by atoms with van der Waals surface area (Å²) in [6, 6.07) is 4.41. The summed E-state index contributed by atoms with van der Waals surface area (Å²) in [7, 11) is -3.88. The summed E-state index contributed by atoms with van der Waals surface area (Å²) < 4.78 is 29.8. The van der Waals surface area contributed by atoms with Crippen molar-refractivity contribution in [1.82, 2.24) is 14.5 Å². The molecule has 2 aliphatic rings. The molecule has 0 bridgehead atoms. The summed E-state index contributed by atoms with van der Waals surface area (Å²) in [5.41, 5.74) is 0.620. The molecule has 0 radical (unpaired) electrons. The van der Waals surface area contributed by atoms with Crippen molar-refractivity contribution in [3.8, 4) is 0 Å². The number of aryl methyl sites for hydroxylation is 1. The second-order valence-corrected chi connectivity index (χ2v) is 11.2. The van der Waals surface area contributed by atoms with Crippen molar-refractivity contribution in [2.75, 3.05) is 26.2 Å². The van der Waals surface area contributed by atoms with E-state index in [2.05, 4.69) is 4.72 Å². The van der Waals surface area contributed by atoms with Crippen molar-refractivity contribution in [3.63, 3.8) is 0 Å². The second kappa shape index (κ2) is 8.45. The molecule has 2 aliphatic heterocycles. The minimum Gasteiger partial charge on any atom is -0.341 e. The lowest BCUT2D eigenvalue weighted by Crippen LogP contribution is -2.54. The fourth-order valence-electron chi connectivity index (χ4n) is 4.10. The van der Waals surface area contributed by atoms with E-state index in [1.54, 1.807) is 30.0 Å². The van der Waals surface area contributed by atoms with E-state index in [9.17, 15) is 18.0 Å². The number of halogens is 1. The maximum absolute atomic E-state index is 13.1. The molecule has 1 N–H and O–H groups in total. The van der Waals surface area contributed by atoms with Crippen LogP contribution in [-0.2, 0) is 19.6 Å². The maximum Gasteiger partial charge on any atom is 0.251 e. The Kier molecular flexibility index (Phi) is 6.07. The molecule has 30 heavy (non-hydrogen) atoms. The Hall–Kier alpha value is -1.68. The van der Waals surface area contributed by atoms with Crippen LogP contribution in [-0.4, -0.2) is 62.3 Å². The van der Waals surface area contributed by atoms with Gasteiger partial charge in [-0.15, -0.1) is 11.3 Å². The Morgan fingerprint density at radius 1 is 1.23 bits per heavy atom. The third-order valence-electron chi connectivity index (χ3n) is 5.71. The van der Waals surface area contributed by atoms with Gasteiger partial charge in [0.1, 0.15) is 10.3 Å². The van der Waals surface area contributed by atoms with E-state index in [1.165, 1.54) is 4.90 Å². The fourth-order valence-corrected chi connectivity index (χ4v) is 7.26. The van der Waals surface area contributed by atoms with Crippen molar-refractivity contribution in [2.24, 2.45) is 0 Å². The average molecular weight is 470 g/mol. The van der Waals surface area contributed by atoms with E-state index in [-0.39, 0.29) is 22.6 Å². The molecule has 4 rings (SSSR count). The largest absolute Gasteiger partial charge is 0.341 e. The monoisotopic (exact) mass is 469 g/mol. The van der Waals surface area contributed by atoms with E-state index < -0.39 is 16.1 Å². The number of sulfonamides is 1. The zero-order chi connectivity index (χ0) is 21.5. The highest BCUT2D eigenvalue weighted by Gasteiger charge is 2.35. The number of amides is 2. The normalized spacial score (nSPS) is 20.3. The van der Waals surface area contributed by atoms with Crippen LogP contribution < -0.4 is 4.72 Å². The Balaban J connectivity index is 1.50. The lowest BCUT2D eigenvalue weighted by atomic mass is 10.1. The van der Waals surface area contributed by atoms with Gasteiger partial charge in [-0.3, -0.25) is 9.59 Å². The molecule has 3 heterocycles. The number of thiophene rings is 1. The van der Waals surface area contributed by atoms with Crippen LogP contribution >= 0.6 is 22.9 Å². The number of hydrogen-bond donors (Lipinski definition) is 1. The van der Waals surface area contributed by atoms with Crippen LogP contribution in [0.15, 0.2) is 22.4 Å². The van der Waals surface area contributed by atoms with E-state index in [4.69, 9.17) is 11.6 Å². The number of nitrogens with one attached hydrogen (secondary N) is 1. The van der Waals surface area contributed by atoms with Gasteiger partial charge in [-0.1, -0.05) is 11.6 Å². The number of nitrogens with zero attached hydrogens (tertiary/aromatic N) is 2. The number of carbonyl (C=O) groups is 2. The van der Waals surface area contributed by atoms with Crippen LogP contribution in [0, 0.1) is 6.92 Å². The van der Waals surface area contributed by atoms with Gasteiger partial charge in [0.05, 0.1) is 6.54 Å². The van der Waals surface area contributed by atoms with E-state index in [1.807, 2.05) is 0 Å². The molecular formula is C20H24ClN3O4S2. The number of rotatable bonds is 5. The first-order chi connectivity index (χ1) is 14.3. The van der Waals surface area contributed by atoms with Gasteiger partial charge >= 0.3 is 0 Å². The quantitative estimate of drug-likeness (QED) is 0.729. The van der Waals surface area contributed by atoms with E-state index in [0.29, 0.717) is 30.0 Å². The van der Waals surface area contributed by atoms with Crippen molar-refractivity contribution in [2.45, 2.75) is 42.9 Å². The van der Waals surface area contributed by atoms with Gasteiger partial charge in [0.15, 0.2) is 0 Å². The summed E-state index contributed by atoms with van der Waals surface area (Å²) >= 11 is 7.21. The number of carbonyl (C=O) groups excluding carboxylic acids is 2. The summed E-state index contributed by atoms with van der Waals surface area (Å²) in [6.07, 6.45) is 3.04. The number of hydrogen-bond acceptors (Lipinski definition) is 5. The Morgan fingerprint density at radius 2 is 1.97 bits per heavy atom. The summed E-state index contributed by atoms with van der Waals surface area (Å²) in [5, 5.41) is 1.33.